The maximum absolute atomic E-state index is 13.1. The number of nitrogens with one attached hydrogen (secondary N) is 1. The minimum Gasteiger partial charge on any atom is -0.380 e. The summed E-state index contributed by atoms with van der Waals surface area (Å²) >= 11 is 0. The summed E-state index contributed by atoms with van der Waals surface area (Å²) < 4.78 is 62.9. The molecule has 0 heterocycles. The lowest BCUT2D eigenvalue weighted by Crippen LogP contribution is -2.40. The van der Waals surface area contributed by atoms with Gasteiger partial charge in [-0.05, 0) is 44.4 Å². The van der Waals surface area contributed by atoms with Crippen LogP contribution in [0.15, 0.2) is 18.2 Å². The standard InChI is InChI=1S/C26H39F3N2O4S/c1-3-4-17-36(34,35)18-13-11-9-7-5-6-8-10-12-16-25(2,33)24(32)31-22-15-14-21(20-30)23(19-22)26(27,28)29/h14-15,19,33H,3-13,16-18H2,1-2H3,(H,31,32)/t25-/m0/s1. The number of rotatable bonds is 17. The van der Waals surface area contributed by atoms with Crippen molar-refractivity contribution in [1.29, 1.82) is 5.26 Å². The number of carbonyl (C=O) groups is 1. The minimum atomic E-state index is -4.73. The highest BCUT2D eigenvalue weighted by atomic mass is 32.2. The Morgan fingerprint density at radius 1 is 0.972 bits per heavy atom. The SMILES string of the molecule is CCCCS(=O)(=O)CCCCCCCCCCC[C@](C)(O)C(=O)Nc1ccc(C#N)c(C(F)(F)F)c1. The van der Waals surface area contributed by atoms with Crippen LogP contribution in [0.1, 0.15) is 102 Å². The molecule has 10 heteroatoms. The van der Waals surface area contributed by atoms with Crippen molar-refractivity contribution in [3.05, 3.63) is 29.3 Å². The molecule has 0 aromatic heterocycles. The van der Waals surface area contributed by atoms with Crippen molar-refractivity contribution < 1.29 is 31.5 Å². The van der Waals surface area contributed by atoms with Crippen LogP contribution in [0.2, 0.25) is 0 Å². The van der Waals surface area contributed by atoms with E-state index in [1.807, 2.05) is 6.92 Å². The summed E-state index contributed by atoms with van der Waals surface area (Å²) in [5.41, 5.74) is -3.55. The molecule has 1 amide bonds. The largest absolute Gasteiger partial charge is 0.417 e. The molecule has 6 nitrogen and oxygen atoms in total. The van der Waals surface area contributed by atoms with Gasteiger partial charge in [0.05, 0.1) is 28.7 Å². The van der Waals surface area contributed by atoms with E-state index in [0.29, 0.717) is 18.9 Å². The summed E-state index contributed by atoms with van der Waals surface area (Å²) in [6.45, 7) is 3.31. The molecule has 0 saturated heterocycles. The zero-order valence-corrected chi connectivity index (χ0v) is 22.1. The predicted octanol–water partition coefficient (Wildman–Crippen LogP) is 6.38. The van der Waals surface area contributed by atoms with Gasteiger partial charge in [-0.3, -0.25) is 4.79 Å². The molecular formula is C26H39F3N2O4S. The fourth-order valence-corrected chi connectivity index (χ4v) is 5.40. The van der Waals surface area contributed by atoms with E-state index in [9.17, 15) is 31.5 Å². The average molecular weight is 533 g/mol. The van der Waals surface area contributed by atoms with E-state index in [4.69, 9.17) is 5.26 Å². The van der Waals surface area contributed by atoms with E-state index in [1.54, 1.807) is 0 Å². The summed E-state index contributed by atoms with van der Waals surface area (Å²) in [4.78, 5) is 12.4. The van der Waals surface area contributed by atoms with Gasteiger partial charge in [0.1, 0.15) is 15.4 Å². The molecule has 0 aliphatic rings. The predicted molar refractivity (Wildman–Crippen MR) is 135 cm³/mol. The lowest BCUT2D eigenvalue weighted by molar-refractivity contribution is -0.138. The van der Waals surface area contributed by atoms with E-state index < -0.39 is 38.6 Å². The first-order chi connectivity index (χ1) is 16.8. The number of halogens is 3. The molecule has 1 aromatic carbocycles. The van der Waals surface area contributed by atoms with Gasteiger partial charge in [0, 0.05) is 5.69 Å². The Morgan fingerprint density at radius 3 is 2.03 bits per heavy atom. The van der Waals surface area contributed by atoms with Gasteiger partial charge in [0.25, 0.3) is 5.91 Å². The molecule has 2 N–H and O–H groups in total. The maximum Gasteiger partial charge on any atom is 0.417 e. The number of aliphatic hydroxyl groups is 1. The number of benzene rings is 1. The fourth-order valence-electron chi connectivity index (χ4n) is 3.83. The van der Waals surface area contributed by atoms with Gasteiger partial charge in [-0.15, -0.1) is 0 Å². The number of anilines is 1. The summed E-state index contributed by atoms with van der Waals surface area (Å²) in [7, 11) is -2.90. The number of sulfone groups is 1. The number of hydrogen-bond acceptors (Lipinski definition) is 5. The number of nitriles is 1. The molecule has 204 valence electrons. The Morgan fingerprint density at radius 2 is 1.50 bits per heavy atom. The molecule has 1 aromatic rings. The number of hydrogen-bond donors (Lipinski definition) is 2. The van der Waals surface area contributed by atoms with E-state index in [0.717, 1.165) is 63.9 Å². The van der Waals surface area contributed by atoms with Crippen LogP contribution in [0.25, 0.3) is 0 Å². The molecule has 0 unspecified atom stereocenters. The van der Waals surface area contributed by atoms with E-state index >= 15 is 0 Å². The third kappa shape index (κ3) is 12.2. The zero-order valence-electron chi connectivity index (χ0n) is 21.3. The molecule has 0 aliphatic carbocycles. The van der Waals surface area contributed by atoms with Gasteiger partial charge in [-0.1, -0.05) is 64.7 Å². The second-order valence-electron chi connectivity index (χ2n) is 9.54. The molecule has 1 atom stereocenters. The third-order valence-corrected chi connectivity index (χ3v) is 7.94. The van der Waals surface area contributed by atoms with Gasteiger partial charge in [-0.25, -0.2) is 8.42 Å². The van der Waals surface area contributed by atoms with Crippen LogP contribution >= 0.6 is 0 Å². The van der Waals surface area contributed by atoms with Crippen molar-refractivity contribution in [3.8, 4) is 6.07 Å². The quantitative estimate of drug-likeness (QED) is 0.226. The number of alkyl halides is 3. The first-order valence-corrected chi connectivity index (χ1v) is 14.5. The van der Waals surface area contributed by atoms with Gasteiger partial charge >= 0.3 is 6.18 Å². The van der Waals surface area contributed by atoms with Crippen LogP contribution in [-0.4, -0.2) is 36.5 Å². The molecule has 0 aliphatic heterocycles. The van der Waals surface area contributed by atoms with Gasteiger partial charge in [0.15, 0.2) is 0 Å². The zero-order chi connectivity index (χ0) is 27.2. The average Bonchev–Trinajstić information content (AvgIpc) is 2.80. The van der Waals surface area contributed by atoms with Crippen LogP contribution < -0.4 is 5.32 Å². The van der Waals surface area contributed by atoms with Crippen LogP contribution in [-0.2, 0) is 20.8 Å². The number of nitrogens with zero attached hydrogens (tertiary/aromatic N) is 1. The smallest absolute Gasteiger partial charge is 0.380 e. The Bertz CT molecular complexity index is 970. The summed E-state index contributed by atoms with van der Waals surface area (Å²) in [6.07, 6.45) is 5.11. The second kappa shape index (κ2) is 15.2. The van der Waals surface area contributed by atoms with Crippen LogP contribution in [0.4, 0.5) is 18.9 Å². The monoisotopic (exact) mass is 532 g/mol. The molecule has 0 bridgehead atoms. The number of amides is 1. The summed E-state index contributed by atoms with van der Waals surface area (Å²) in [5.74, 6) is -0.237. The van der Waals surface area contributed by atoms with Gasteiger partial charge in [-0.2, -0.15) is 18.4 Å². The number of carbonyl (C=O) groups excluding carboxylic acids is 1. The molecular weight excluding hydrogens is 493 g/mol. The summed E-state index contributed by atoms with van der Waals surface area (Å²) in [6, 6.07) is 4.36. The molecule has 36 heavy (non-hydrogen) atoms. The molecule has 1 rings (SSSR count). The van der Waals surface area contributed by atoms with E-state index in [2.05, 4.69) is 5.32 Å². The van der Waals surface area contributed by atoms with Crippen LogP contribution in [0, 0.1) is 11.3 Å². The lowest BCUT2D eigenvalue weighted by atomic mass is 9.96. The highest BCUT2D eigenvalue weighted by Crippen LogP contribution is 2.33. The molecule has 0 spiro atoms. The Kier molecular flexibility index (Phi) is 13.5. The molecule has 0 saturated carbocycles. The third-order valence-electron chi connectivity index (χ3n) is 6.12. The summed E-state index contributed by atoms with van der Waals surface area (Å²) in [5, 5.41) is 21.6. The lowest BCUT2D eigenvalue weighted by Gasteiger charge is -2.22. The first kappa shape index (κ1) is 31.9. The van der Waals surface area contributed by atoms with E-state index in [-0.39, 0.29) is 23.6 Å². The Hall–Kier alpha value is -2.12. The number of unbranched alkanes of at least 4 members (excludes halogenated alkanes) is 9. The highest BCUT2D eigenvalue weighted by Gasteiger charge is 2.35. The normalized spacial score (nSPS) is 13.7. The highest BCUT2D eigenvalue weighted by molar-refractivity contribution is 7.91. The van der Waals surface area contributed by atoms with Crippen molar-refractivity contribution in [2.24, 2.45) is 0 Å². The van der Waals surface area contributed by atoms with E-state index in [1.165, 1.54) is 19.1 Å². The van der Waals surface area contributed by atoms with Crippen molar-refractivity contribution >= 4 is 21.4 Å². The molecule has 0 fully saturated rings. The maximum atomic E-state index is 13.1. The topological polar surface area (TPSA) is 107 Å². The van der Waals surface area contributed by atoms with Crippen molar-refractivity contribution in [3.63, 3.8) is 0 Å². The second-order valence-corrected chi connectivity index (χ2v) is 11.8. The molecule has 0 radical (unpaired) electrons. The van der Waals surface area contributed by atoms with Crippen molar-refractivity contribution in [2.75, 3.05) is 16.8 Å². The van der Waals surface area contributed by atoms with Crippen molar-refractivity contribution in [2.45, 2.75) is 103 Å². The minimum absolute atomic E-state index is 0.134. The Labute approximate surface area is 213 Å². The van der Waals surface area contributed by atoms with Crippen LogP contribution in [0.3, 0.4) is 0 Å². The van der Waals surface area contributed by atoms with Gasteiger partial charge < -0.3 is 10.4 Å². The van der Waals surface area contributed by atoms with Crippen molar-refractivity contribution in [1.82, 2.24) is 0 Å². The van der Waals surface area contributed by atoms with Crippen LogP contribution in [0.5, 0.6) is 0 Å². The van der Waals surface area contributed by atoms with Gasteiger partial charge in [0.2, 0.25) is 0 Å². The first-order valence-electron chi connectivity index (χ1n) is 12.7. The fraction of sp³-hybridized carbons (Fsp3) is 0.692. The Balaban J connectivity index is 2.26.